The SMILES string of the molecule is Cc1ccn2c(CN3CCN(C(=O)c4cccc([N+](=O)[O-])c4C)CC3)c(C)nc2c1. The van der Waals surface area contributed by atoms with E-state index in [4.69, 9.17) is 0 Å². The van der Waals surface area contributed by atoms with E-state index in [0.29, 0.717) is 24.2 Å². The summed E-state index contributed by atoms with van der Waals surface area (Å²) in [4.78, 5) is 32.5. The predicted octanol–water partition coefficient (Wildman–Crippen LogP) is 3.13. The van der Waals surface area contributed by atoms with Crippen LogP contribution in [0.1, 0.15) is 32.9 Å². The molecule has 1 amide bonds. The number of benzene rings is 1. The largest absolute Gasteiger partial charge is 0.336 e. The number of aryl methyl sites for hydroxylation is 2. The third kappa shape index (κ3) is 3.66. The third-order valence-electron chi connectivity index (χ3n) is 5.85. The quantitative estimate of drug-likeness (QED) is 0.490. The minimum absolute atomic E-state index is 0.0159. The fourth-order valence-electron chi connectivity index (χ4n) is 4.05. The van der Waals surface area contributed by atoms with E-state index in [-0.39, 0.29) is 11.6 Å². The number of aromatic nitrogens is 2. The van der Waals surface area contributed by atoms with Gasteiger partial charge in [0.25, 0.3) is 11.6 Å². The third-order valence-corrected chi connectivity index (χ3v) is 5.85. The van der Waals surface area contributed by atoms with Crippen molar-refractivity contribution in [1.29, 1.82) is 0 Å². The first-order valence-corrected chi connectivity index (χ1v) is 10.0. The highest BCUT2D eigenvalue weighted by Gasteiger charge is 2.26. The van der Waals surface area contributed by atoms with Crippen molar-refractivity contribution in [3.05, 3.63) is 74.7 Å². The van der Waals surface area contributed by atoms with Crippen molar-refractivity contribution in [1.82, 2.24) is 19.2 Å². The van der Waals surface area contributed by atoms with E-state index >= 15 is 0 Å². The van der Waals surface area contributed by atoms with Crippen molar-refractivity contribution in [2.24, 2.45) is 0 Å². The Morgan fingerprint density at radius 1 is 1.13 bits per heavy atom. The number of nitrogens with zero attached hydrogens (tertiary/aromatic N) is 5. The maximum Gasteiger partial charge on any atom is 0.273 e. The molecule has 0 unspecified atom stereocenters. The number of nitro benzene ring substituents is 1. The van der Waals surface area contributed by atoms with Gasteiger partial charge in [0.1, 0.15) is 5.65 Å². The molecule has 4 rings (SSSR count). The molecule has 8 nitrogen and oxygen atoms in total. The highest BCUT2D eigenvalue weighted by molar-refractivity contribution is 5.96. The van der Waals surface area contributed by atoms with Gasteiger partial charge in [-0.15, -0.1) is 0 Å². The van der Waals surface area contributed by atoms with Crippen LogP contribution in [0.15, 0.2) is 36.5 Å². The van der Waals surface area contributed by atoms with E-state index in [0.717, 1.165) is 31.0 Å². The second kappa shape index (κ2) is 7.87. The number of nitro groups is 1. The van der Waals surface area contributed by atoms with Gasteiger partial charge >= 0.3 is 0 Å². The minimum atomic E-state index is -0.441. The molecule has 3 heterocycles. The summed E-state index contributed by atoms with van der Waals surface area (Å²) in [6.07, 6.45) is 2.06. The number of rotatable bonds is 4. The van der Waals surface area contributed by atoms with Gasteiger partial charge in [-0.25, -0.2) is 4.98 Å². The van der Waals surface area contributed by atoms with Gasteiger partial charge in [-0.1, -0.05) is 6.07 Å². The van der Waals surface area contributed by atoms with Crippen LogP contribution in [0.25, 0.3) is 5.65 Å². The van der Waals surface area contributed by atoms with Crippen LogP contribution in [0.5, 0.6) is 0 Å². The summed E-state index contributed by atoms with van der Waals surface area (Å²) in [5, 5.41) is 11.2. The van der Waals surface area contributed by atoms with Crippen LogP contribution >= 0.6 is 0 Å². The normalized spacial score (nSPS) is 15.0. The number of amides is 1. The van der Waals surface area contributed by atoms with Gasteiger partial charge < -0.3 is 9.30 Å². The molecule has 30 heavy (non-hydrogen) atoms. The number of fused-ring (bicyclic) bond motifs is 1. The summed E-state index contributed by atoms with van der Waals surface area (Å²) in [6, 6.07) is 8.83. The molecule has 1 aliphatic heterocycles. The molecule has 0 N–H and O–H groups in total. The van der Waals surface area contributed by atoms with Gasteiger partial charge in [-0.05, 0) is 44.5 Å². The van der Waals surface area contributed by atoms with Gasteiger partial charge in [-0.2, -0.15) is 0 Å². The number of hydrogen-bond donors (Lipinski definition) is 0. The van der Waals surface area contributed by atoms with Crippen LogP contribution in [0, 0.1) is 30.9 Å². The smallest absolute Gasteiger partial charge is 0.273 e. The number of piperazine rings is 1. The topological polar surface area (TPSA) is 84.0 Å². The van der Waals surface area contributed by atoms with E-state index in [1.165, 1.54) is 17.3 Å². The molecule has 1 fully saturated rings. The lowest BCUT2D eigenvalue weighted by Crippen LogP contribution is -2.48. The second-order valence-corrected chi connectivity index (χ2v) is 7.85. The first-order chi connectivity index (χ1) is 14.3. The molecule has 0 spiro atoms. The molecule has 1 saturated heterocycles. The van der Waals surface area contributed by atoms with Crippen molar-refractivity contribution >= 4 is 17.2 Å². The van der Waals surface area contributed by atoms with Crippen molar-refractivity contribution in [2.45, 2.75) is 27.3 Å². The fourth-order valence-corrected chi connectivity index (χ4v) is 4.05. The Balaban J connectivity index is 1.45. The first kappa shape index (κ1) is 20.0. The zero-order valence-corrected chi connectivity index (χ0v) is 17.5. The molecule has 0 radical (unpaired) electrons. The molecule has 0 bridgehead atoms. The summed E-state index contributed by atoms with van der Waals surface area (Å²) < 4.78 is 2.13. The maximum atomic E-state index is 13.0. The van der Waals surface area contributed by atoms with Crippen molar-refractivity contribution in [3.8, 4) is 0 Å². The molecule has 0 saturated carbocycles. The average molecular weight is 407 g/mol. The highest BCUT2D eigenvalue weighted by Crippen LogP contribution is 2.23. The Labute approximate surface area is 174 Å². The van der Waals surface area contributed by atoms with E-state index in [1.807, 2.05) is 6.92 Å². The Hall–Kier alpha value is -3.26. The molecule has 1 aliphatic rings. The van der Waals surface area contributed by atoms with Crippen LogP contribution in [0.2, 0.25) is 0 Å². The first-order valence-electron chi connectivity index (χ1n) is 10.0. The summed E-state index contributed by atoms with van der Waals surface area (Å²) in [5.74, 6) is -0.141. The van der Waals surface area contributed by atoms with Gasteiger partial charge in [0.2, 0.25) is 0 Å². The summed E-state index contributed by atoms with van der Waals surface area (Å²) >= 11 is 0. The second-order valence-electron chi connectivity index (χ2n) is 7.85. The molecule has 1 aromatic carbocycles. The zero-order chi connectivity index (χ0) is 21.4. The average Bonchev–Trinajstić information content (AvgIpc) is 3.02. The van der Waals surface area contributed by atoms with Crippen molar-refractivity contribution in [2.75, 3.05) is 26.2 Å². The zero-order valence-electron chi connectivity index (χ0n) is 17.5. The van der Waals surface area contributed by atoms with Crippen LogP contribution in [0.3, 0.4) is 0 Å². The Bertz CT molecular complexity index is 1130. The van der Waals surface area contributed by atoms with Crippen LogP contribution < -0.4 is 0 Å². The molecular weight excluding hydrogens is 382 g/mol. The van der Waals surface area contributed by atoms with E-state index in [1.54, 1.807) is 24.0 Å². The molecule has 0 aliphatic carbocycles. The number of pyridine rings is 1. The van der Waals surface area contributed by atoms with Crippen molar-refractivity contribution < 1.29 is 9.72 Å². The van der Waals surface area contributed by atoms with Gasteiger partial charge in [0.05, 0.1) is 16.3 Å². The van der Waals surface area contributed by atoms with E-state index < -0.39 is 4.92 Å². The predicted molar refractivity (Wildman–Crippen MR) is 114 cm³/mol. The summed E-state index contributed by atoms with van der Waals surface area (Å²) in [7, 11) is 0. The molecule has 8 heteroatoms. The van der Waals surface area contributed by atoms with Crippen molar-refractivity contribution in [3.63, 3.8) is 0 Å². The minimum Gasteiger partial charge on any atom is -0.336 e. The highest BCUT2D eigenvalue weighted by atomic mass is 16.6. The molecule has 0 atom stereocenters. The Morgan fingerprint density at radius 2 is 1.87 bits per heavy atom. The Kier molecular flexibility index (Phi) is 5.26. The van der Waals surface area contributed by atoms with Gasteiger partial charge in [-0.3, -0.25) is 19.8 Å². The summed E-state index contributed by atoms with van der Waals surface area (Å²) in [6.45, 7) is 9.18. The fraction of sp³-hybridized carbons (Fsp3) is 0.364. The van der Waals surface area contributed by atoms with E-state index in [9.17, 15) is 14.9 Å². The van der Waals surface area contributed by atoms with Crippen LogP contribution in [0.4, 0.5) is 5.69 Å². The molecule has 2 aromatic heterocycles. The van der Waals surface area contributed by atoms with E-state index in [2.05, 4.69) is 39.5 Å². The lowest BCUT2D eigenvalue weighted by atomic mass is 10.1. The monoisotopic (exact) mass is 407 g/mol. The van der Waals surface area contributed by atoms with Crippen LogP contribution in [-0.4, -0.2) is 56.2 Å². The maximum absolute atomic E-state index is 13.0. The standard InChI is InChI=1S/C22H25N5O3/c1-15-7-8-26-20(17(3)23-21(26)13-15)14-24-9-11-25(12-10-24)22(28)18-5-4-6-19(16(18)2)27(29)30/h4-8,13H,9-12,14H2,1-3H3. The molecule has 3 aromatic rings. The summed E-state index contributed by atoms with van der Waals surface area (Å²) in [5.41, 5.74) is 5.14. The lowest BCUT2D eigenvalue weighted by Gasteiger charge is -2.35. The van der Waals surface area contributed by atoms with Gasteiger partial charge in [0.15, 0.2) is 0 Å². The number of carbonyl (C=O) groups is 1. The lowest BCUT2D eigenvalue weighted by molar-refractivity contribution is -0.385. The molecule has 156 valence electrons. The Morgan fingerprint density at radius 3 is 2.57 bits per heavy atom. The van der Waals surface area contributed by atoms with Gasteiger partial charge in [0, 0.05) is 56.1 Å². The molecular formula is C22H25N5O3. The number of carbonyl (C=O) groups excluding carboxylic acids is 1. The number of hydrogen-bond acceptors (Lipinski definition) is 5. The number of imidazole rings is 1. The van der Waals surface area contributed by atoms with Crippen LogP contribution in [-0.2, 0) is 6.54 Å².